The van der Waals surface area contributed by atoms with E-state index in [0.29, 0.717) is 21.7 Å². The number of carbonyl (C=O) groups excluding carboxylic acids is 1. The van der Waals surface area contributed by atoms with Crippen LogP contribution in [0.5, 0.6) is 5.75 Å². The third-order valence-electron chi connectivity index (χ3n) is 4.36. The number of hydrogen-bond donors (Lipinski definition) is 1. The van der Waals surface area contributed by atoms with Gasteiger partial charge in [-0.05, 0) is 60.7 Å². The normalized spacial score (nSPS) is 10.6. The SMILES string of the molecule is COc1ccc(-n2c(SCC(=O)Nc3ccc(Cl)cc3)nnc2-c2ccncc2)cc1. The first kappa shape index (κ1) is 20.9. The van der Waals surface area contributed by atoms with Crippen LogP contribution < -0.4 is 10.1 Å². The summed E-state index contributed by atoms with van der Waals surface area (Å²) in [4.78, 5) is 16.5. The summed E-state index contributed by atoms with van der Waals surface area (Å²) < 4.78 is 7.17. The van der Waals surface area contributed by atoms with Gasteiger partial charge in [-0.2, -0.15) is 0 Å². The van der Waals surface area contributed by atoms with Crippen LogP contribution in [0.15, 0.2) is 78.2 Å². The van der Waals surface area contributed by atoms with Crippen LogP contribution in [-0.4, -0.2) is 38.5 Å². The van der Waals surface area contributed by atoms with Gasteiger partial charge in [0.1, 0.15) is 5.75 Å². The standard InChI is InChI=1S/C22H18ClN5O2S/c1-30-19-8-6-18(7-9-19)28-21(15-10-12-24-13-11-15)26-27-22(28)31-14-20(29)25-17-4-2-16(23)3-5-17/h2-13H,14H2,1H3,(H,25,29). The van der Waals surface area contributed by atoms with Gasteiger partial charge < -0.3 is 10.1 Å². The Balaban J connectivity index is 1.58. The van der Waals surface area contributed by atoms with Crippen LogP contribution in [-0.2, 0) is 4.79 Å². The lowest BCUT2D eigenvalue weighted by Crippen LogP contribution is -2.14. The van der Waals surface area contributed by atoms with Crippen LogP contribution in [0.4, 0.5) is 5.69 Å². The number of halogens is 1. The maximum Gasteiger partial charge on any atom is 0.234 e. The Morgan fingerprint density at radius 2 is 1.74 bits per heavy atom. The smallest absolute Gasteiger partial charge is 0.234 e. The summed E-state index contributed by atoms with van der Waals surface area (Å²) in [7, 11) is 1.62. The van der Waals surface area contributed by atoms with E-state index in [4.69, 9.17) is 16.3 Å². The molecule has 0 unspecified atom stereocenters. The quantitative estimate of drug-likeness (QED) is 0.409. The predicted molar refractivity (Wildman–Crippen MR) is 122 cm³/mol. The van der Waals surface area contributed by atoms with Crippen molar-refractivity contribution in [2.24, 2.45) is 0 Å². The minimum atomic E-state index is -0.151. The molecule has 0 aliphatic heterocycles. The van der Waals surface area contributed by atoms with Crippen LogP contribution in [0.25, 0.3) is 17.1 Å². The number of nitrogens with zero attached hydrogens (tertiary/aromatic N) is 4. The molecule has 0 saturated carbocycles. The predicted octanol–water partition coefficient (Wildman–Crippen LogP) is 4.72. The van der Waals surface area contributed by atoms with Crippen LogP contribution in [0.2, 0.25) is 5.02 Å². The molecule has 0 saturated heterocycles. The van der Waals surface area contributed by atoms with Gasteiger partial charge in [-0.1, -0.05) is 23.4 Å². The molecule has 4 rings (SSSR count). The second kappa shape index (κ2) is 9.63. The molecule has 0 bridgehead atoms. The van der Waals surface area contributed by atoms with Gasteiger partial charge in [0.2, 0.25) is 5.91 Å². The minimum Gasteiger partial charge on any atom is -0.497 e. The molecule has 4 aromatic rings. The summed E-state index contributed by atoms with van der Waals surface area (Å²) in [6.07, 6.45) is 3.41. The number of amides is 1. The van der Waals surface area contributed by atoms with Crippen molar-refractivity contribution < 1.29 is 9.53 Å². The Hall–Kier alpha value is -3.36. The van der Waals surface area contributed by atoms with E-state index in [0.717, 1.165) is 17.0 Å². The zero-order valence-corrected chi connectivity index (χ0v) is 18.1. The average molecular weight is 452 g/mol. The first-order valence-corrected chi connectivity index (χ1v) is 10.7. The summed E-state index contributed by atoms with van der Waals surface area (Å²) in [6.45, 7) is 0. The molecule has 0 radical (unpaired) electrons. The van der Waals surface area contributed by atoms with Crippen LogP contribution in [0.3, 0.4) is 0 Å². The highest BCUT2D eigenvalue weighted by Crippen LogP contribution is 2.28. The molecule has 31 heavy (non-hydrogen) atoms. The lowest BCUT2D eigenvalue weighted by Gasteiger charge is -2.11. The maximum absolute atomic E-state index is 12.4. The van der Waals surface area contributed by atoms with Crippen molar-refractivity contribution in [1.29, 1.82) is 0 Å². The van der Waals surface area contributed by atoms with Crippen LogP contribution in [0, 0.1) is 0 Å². The number of benzene rings is 2. The Morgan fingerprint density at radius 1 is 1.03 bits per heavy atom. The second-order valence-corrected chi connectivity index (χ2v) is 7.80. The number of aromatic nitrogens is 4. The van der Waals surface area contributed by atoms with E-state index in [9.17, 15) is 4.79 Å². The molecule has 1 N–H and O–H groups in total. The molecule has 2 aromatic carbocycles. The van der Waals surface area contributed by atoms with Crippen molar-refractivity contribution in [2.75, 3.05) is 18.2 Å². The largest absolute Gasteiger partial charge is 0.497 e. The van der Waals surface area contributed by atoms with E-state index < -0.39 is 0 Å². The first-order chi connectivity index (χ1) is 15.1. The number of thioether (sulfide) groups is 1. The molecule has 0 aliphatic rings. The highest BCUT2D eigenvalue weighted by Gasteiger charge is 2.17. The van der Waals surface area contributed by atoms with E-state index in [1.165, 1.54) is 11.8 Å². The topological polar surface area (TPSA) is 81.9 Å². The average Bonchev–Trinajstić information content (AvgIpc) is 3.24. The number of methoxy groups -OCH3 is 1. The maximum atomic E-state index is 12.4. The fraction of sp³-hybridized carbons (Fsp3) is 0.0909. The van der Waals surface area contributed by atoms with Gasteiger partial charge in [0.05, 0.1) is 12.9 Å². The number of nitrogens with one attached hydrogen (secondary N) is 1. The van der Waals surface area contributed by atoms with E-state index in [1.807, 2.05) is 41.0 Å². The van der Waals surface area contributed by atoms with Gasteiger partial charge in [0.25, 0.3) is 0 Å². The van der Waals surface area contributed by atoms with Crippen LogP contribution in [0.1, 0.15) is 0 Å². The van der Waals surface area contributed by atoms with Crippen molar-refractivity contribution in [3.8, 4) is 22.8 Å². The van der Waals surface area contributed by atoms with Crippen molar-refractivity contribution in [1.82, 2.24) is 19.7 Å². The van der Waals surface area contributed by atoms with Gasteiger partial charge in [-0.25, -0.2) is 0 Å². The summed E-state index contributed by atoms with van der Waals surface area (Å²) >= 11 is 7.19. The van der Waals surface area contributed by atoms with Gasteiger partial charge in [-0.3, -0.25) is 14.3 Å². The van der Waals surface area contributed by atoms with E-state index in [1.54, 1.807) is 43.8 Å². The summed E-state index contributed by atoms with van der Waals surface area (Å²) in [6, 6.07) is 18.3. The molecule has 0 fully saturated rings. The highest BCUT2D eigenvalue weighted by atomic mass is 35.5. The number of hydrogen-bond acceptors (Lipinski definition) is 6. The third kappa shape index (κ3) is 5.04. The number of ether oxygens (including phenoxy) is 1. The molecular formula is C22H18ClN5O2S. The van der Waals surface area contributed by atoms with Gasteiger partial charge in [0.15, 0.2) is 11.0 Å². The molecule has 0 aliphatic carbocycles. The molecule has 0 atom stereocenters. The summed E-state index contributed by atoms with van der Waals surface area (Å²) in [5, 5.41) is 12.8. The highest BCUT2D eigenvalue weighted by molar-refractivity contribution is 7.99. The Labute approximate surface area is 188 Å². The van der Waals surface area contributed by atoms with Crippen molar-refractivity contribution in [2.45, 2.75) is 5.16 Å². The monoisotopic (exact) mass is 451 g/mol. The number of anilines is 1. The van der Waals surface area contributed by atoms with Crippen LogP contribution >= 0.6 is 23.4 Å². The molecular weight excluding hydrogens is 434 g/mol. The molecule has 9 heteroatoms. The molecule has 2 heterocycles. The Bertz CT molecular complexity index is 1160. The van der Waals surface area contributed by atoms with Crippen molar-refractivity contribution >= 4 is 35.0 Å². The number of carbonyl (C=O) groups is 1. The fourth-order valence-electron chi connectivity index (χ4n) is 2.88. The number of rotatable bonds is 7. The minimum absolute atomic E-state index is 0.151. The number of pyridine rings is 1. The summed E-state index contributed by atoms with van der Waals surface area (Å²) in [5.74, 6) is 1.43. The van der Waals surface area contributed by atoms with Crippen molar-refractivity contribution in [3.05, 3.63) is 78.1 Å². The lowest BCUT2D eigenvalue weighted by atomic mass is 10.2. The van der Waals surface area contributed by atoms with E-state index in [2.05, 4.69) is 20.5 Å². The van der Waals surface area contributed by atoms with E-state index >= 15 is 0 Å². The molecule has 156 valence electrons. The first-order valence-electron chi connectivity index (χ1n) is 9.32. The zero-order valence-electron chi connectivity index (χ0n) is 16.5. The molecule has 2 aromatic heterocycles. The van der Waals surface area contributed by atoms with Gasteiger partial charge in [-0.15, -0.1) is 10.2 Å². The summed E-state index contributed by atoms with van der Waals surface area (Å²) in [5.41, 5.74) is 2.41. The molecule has 1 amide bonds. The third-order valence-corrected chi connectivity index (χ3v) is 5.54. The fourth-order valence-corrected chi connectivity index (χ4v) is 3.75. The molecule has 7 nitrogen and oxygen atoms in total. The van der Waals surface area contributed by atoms with Crippen molar-refractivity contribution in [3.63, 3.8) is 0 Å². The Kier molecular flexibility index (Phi) is 6.49. The zero-order chi connectivity index (χ0) is 21.6. The molecule has 0 spiro atoms. The lowest BCUT2D eigenvalue weighted by molar-refractivity contribution is -0.113. The van der Waals surface area contributed by atoms with Gasteiger partial charge >= 0.3 is 0 Å². The van der Waals surface area contributed by atoms with E-state index in [-0.39, 0.29) is 11.7 Å². The van der Waals surface area contributed by atoms with Gasteiger partial charge in [0, 0.05) is 34.4 Å². The Morgan fingerprint density at radius 3 is 2.42 bits per heavy atom. The second-order valence-electron chi connectivity index (χ2n) is 6.42.